The summed E-state index contributed by atoms with van der Waals surface area (Å²) in [6.45, 7) is 0. The fraction of sp³-hybridized carbons (Fsp3) is 0. The molecule has 11 rings (SSSR count). The molecule has 0 saturated heterocycles. The molecule has 0 radical (unpaired) electrons. The van der Waals surface area contributed by atoms with Gasteiger partial charge in [-0.25, -0.2) is 0 Å². The second-order valence-corrected chi connectivity index (χ2v) is 14.1. The molecule has 0 bridgehead atoms. The lowest BCUT2D eigenvalue weighted by Crippen LogP contribution is -1.93. The summed E-state index contributed by atoms with van der Waals surface area (Å²) in [4.78, 5) is 0. The molecule has 2 heteroatoms. The first-order chi connectivity index (χ1) is 26.2. The van der Waals surface area contributed by atoms with Crippen molar-refractivity contribution < 1.29 is 0 Å². The maximum Gasteiger partial charge on any atom is 0.0992 e. The second-order valence-electron chi connectivity index (χ2n) is 14.1. The Labute approximate surface area is 306 Å². The highest BCUT2D eigenvalue weighted by molar-refractivity contribution is 6.24. The normalized spacial score (nSPS) is 11.8. The molecular formula is C51H30N2. The van der Waals surface area contributed by atoms with Gasteiger partial charge in [0.05, 0.1) is 22.7 Å². The average molecular weight is 671 g/mol. The molecule has 0 spiro atoms. The Balaban J connectivity index is 0.987. The van der Waals surface area contributed by atoms with Crippen molar-refractivity contribution in [2.24, 2.45) is 0 Å². The average Bonchev–Trinajstić information content (AvgIpc) is 3.55. The fourth-order valence-electron chi connectivity index (χ4n) is 8.53. The van der Waals surface area contributed by atoms with Crippen molar-refractivity contribution >= 4 is 64.9 Å². The van der Waals surface area contributed by atoms with E-state index in [-0.39, 0.29) is 0 Å². The zero-order valence-electron chi connectivity index (χ0n) is 28.7. The predicted octanol–water partition coefficient (Wildman–Crippen LogP) is 13.7. The van der Waals surface area contributed by atoms with Crippen LogP contribution in [0.15, 0.2) is 182 Å². The van der Waals surface area contributed by atoms with Gasteiger partial charge in [0.1, 0.15) is 0 Å². The Bertz CT molecular complexity index is 3210. The molecular weight excluding hydrogens is 641 g/mol. The van der Waals surface area contributed by atoms with E-state index >= 15 is 0 Å². The third kappa shape index (κ3) is 4.65. The number of hydrogen-bond donors (Lipinski definition) is 0. The summed E-state index contributed by atoms with van der Waals surface area (Å²) in [6, 6.07) is 68.2. The summed E-state index contributed by atoms with van der Waals surface area (Å²) >= 11 is 0. The van der Waals surface area contributed by atoms with Gasteiger partial charge in [0.15, 0.2) is 0 Å². The van der Waals surface area contributed by atoms with Crippen molar-refractivity contribution in [2.45, 2.75) is 0 Å². The van der Waals surface area contributed by atoms with Gasteiger partial charge in [0.25, 0.3) is 0 Å². The van der Waals surface area contributed by atoms with Gasteiger partial charge in [0.2, 0.25) is 0 Å². The minimum Gasteiger partial charge on any atom is -0.309 e. The maximum atomic E-state index is 9.67. The van der Waals surface area contributed by atoms with Gasteiger partial charge in [0, 0.05) is 16.5 Å². The van der Waals surface area contributed by atoms with Crippen molar-refractivity contribution in [3.8, 4) is 45.1 Å². The van der Waals surface area contributed by atoms with Crippen LogP contribution >= 0.6 is 0 Å². The topological polar surface area (TPSA) is 28.7 Å². The lowest BCUT2D eigenvalue weighted by Gasteiger charge is -2.15. The zero-order valence-corrected chi connectivity index (χ0v) is 28.7. The molecule has 0 N–H and O–H groups in total. The van der Waals surface area contributed by atoms with E-state index in [2.05, 4.69) is 174 Å². The van der Waals surface area contributed by atoms with E-state index in [4.69, 9.17) is 0 Å². The molecule has 1 heterocycles. The van der Waals surface area contributed by atoms with Crippen LogP contribution in [0, 0.1) is 11.3 Å². The fourth-order valence-corrected chi connectivity index (χ4v) is 8.53. The van der Waals surface area contributed by atoms with Gasteiger partial charge in [-0.05, 0) is 143 Å². The van der Waals surface area contributed by atoms with Gasteiger partial charge in [-0.1, -0.05) is 115 Å². The molecule has 10 aromatic carbocycles. The number of nitriles is 1. The van der Waals surface area contributed by atoms with Crippen LogP contribution in [0.4, 0.5) is 0 Å². The van der Waals surface area contributed by atoms with Crippen molar-refractivity contribution in [3.63, 3.8) is 0 Å². The number of benzene rings is 10. The molecule has 53 heavy (non-hydrogen) atoms. The van der Waals surface area contributed by atoms with E-state index in [1.807, 2.05) is 18.2 Å². The minimum atomic E-state index is 0.659. The molecule has 0 amide bonds. The molecule has 1 aromatic heterocycles. The highest BCUT2D eigenvalue weighted by atomic mass is 15.0. The number of hydrogen-bond acceptors (Lipinski definition) is 1. The van der Waals surface area contributed by atoms with Crippen LogP contribution in [0.5, 0.6) is 0 Å². The first-order valence-corrected chi connectivity index (χ1v) is 18.0. The van der Waals surface area contributed by atoms with Gasteiger partial charge in [-0.3, -0.25) is 0 Å². The number of para-hydroxylation sites is 1. The van der Waals surface area contributed by atoms with Crippen LogP contribution in [0.3, 0.4) is 0 Å². The number of aromatic nitrogens is 1. The van der Waals surface area contributed by atoms with Crippen LogP contribution in [0.1, 0.15) is 5.56 Å². The minimum absolute atomic E-state index is 0.659. The quantitative estimate of drug-likeness (QED) is 0.171. The SMILES string of the molecule is N#Cc1ccc2c3ccc(-c4ccc5cc(-c6cc7ccc8cc(-c9ccccc9)cc9ccc(c6)c7c89)ccc5c4)cc3n(-c3ccccc3)c2c1. The number of nitrogens with zero attached hydrogens (tertiary/aromatic N) is 2. The third-order valence-electron chi connectivity index (χ3n) is 11.1. The first kappa shape index (κ1) is 29.5. The lowest BCUT2D eigenvalue weighted by atomic mass is 9.89. The lowest BCUT2D eigenvalue weighted by molar-refractivity contribution is 1.18. The summed E-state index contributed by atoms with van der Waals surface area (Å²) in [6.07, 6.45) is 0. The smallest absolute Gasteiger partial charge is 0.0992 e. The zero-order chi connectivity index (χ0) is 35.0. The van der Waals surface area contributed by atoms with E-state index in [1.165, 1.54) is 76.3 Å². The summed E-state index contributed by atoms with van der Waals surface area (Å²) < 4.78 is 2.28. The summed E-state index contributed by atoms with van der Waals surface area (Å²) in [7, 11) is 0. The van der Waals surface area contributed by atoms with E-state index in [1.54, 1.807) is 0 Å². The van der Waals surface area contributed by atoms with E-state index in [0.717, 1.165) is 27.7 Å². The summed E-state index contributed by atoms with van der Waals surface area (Å²) in [5.74, 6) is 0. The largest absolute Gasteiger partial charge is 0.309 e. The monoisotopic (exact) mass is 670 g/mol. The van der Waals surface area contributed by atoms with Crippen molar-refractivity contribution in [2.75, 3.05) is 0 Å². The Kier molecular flexibility index (Phi) is 6.35. The molecule has 0 unspecified atom stereocenters. The first-order valence-electron chi connectivity index (χ1n) is 18.0. The van der Waals surface area contributed by atoms with Gasteiger partial charge in [-0.15, -0.1) is 0 Å². The Morgan fingerprint density at radius 1 is 0.340 bits per heavy atom. The molecule has 2 nitrogen and oxygen atoms in total. The van der Waals surface area contributed by atoms with Gasteiger partial charge in [-0.2, -0.15) is 5.26 Å². The second kappa shape index (κ2) is 11.4. The number of fused-ring (bicyclic) bond motifs is 4. The van der Waals surface area contributed by atoms with Crippen molar-refractivity contribution in [1.29, 1.82) is 5.26 Å². The van der Waals surface area contributed by atoms with Crippen LogP contribution in [-0.2, 0) is 0 Å². The van der Waals surface area contributed by atoms with Crippen LogP contribution in [0.2, 0.25) is 0 Å². The Morgan fingerprint density at radius 3 is 1.36 bits per heavy atom. The van der Waals surface area contributed by atoms with Crippen molar-refractivity contribution in [3.05, 3.63) is 188 Å². The molecule has 0 saturated carbocycles. The molecule has 0 atom stereocenters. The highest BCUT2D eigenvalue weighted by Gasteiger charge is 2.16. The van der Waals surface area contributed by atoms with E-state index < -0.39 is 0 Å². The van der Waals surface area contributed by atoms with Crippen LogP contribution in [-0.4, -0.2) is 4.57 Å². The molecule has 11 aromatic rings. The summed E-state index contributed by atoms with van der Waals surface area (Å²) in [5, 5.41) is 22.2. The van der Waals surface area contributed by atoms with E-state index in [9.17, 15) is 5.26 Å². The Morgan fingerprint density at radius 2 is 0.774 bits per heavy atom. The molecule has 0 aliphatic rings. The molecule has 0 aliphatic carbocycles. The van der Waals surface area contributed by atoms with E-state index in [0.29, 0.717) is 5.56 Å². The maximum absolute atomic E-state index is 9.67. The predicted molar refractivity (Wildman–Crippen MR) is 223 cm³/mol. The summed E-state index contributed by atoms with van der Waals surface area (Å²) in [5.41, 5.74) is 11.2. The standard InChI is InChI=1S/C51H30N2/c52-31-32-11-21-46-47-22-20-38(30-49(47)53(48(46)23-32)45-9-5-2-6-10-45)36-13-12-35-25-37(15-14-34(35)24-36)44-28-41-18-16-39-26-43(33-7-3-1-4-8-33)27-40-17-19-42(29-44)51(41)50(39)40/h1-30H. The molecule has 0 fully saturated rings. The highest BCUT2D eigenvalue weighted by Crippen LogP contribution is 2.41. The van der Waals surface area contributed by atoms with Gasteiger partial charge < -0.3 is 4.57 Å². The molecule has 0 aliphatic heterocycles. The number of rotatable bonds is 4. The van der Waals surface area contributed by atoms with Gasteiger partial charge >= 0.3 is 0 Å². The molecule has 244 valence electrons. The Hall–Kier alpha value is -7.21. The van der Waals surface area contributed by atoms with Crippen molar-refractivity contribution in [1.82, 2.24) is 4.57 Å². The van der Waals surface area contributed by atoms with Crippen LogP contribution in [0.25, 0.3) is 104 Å². The third-order valence-corrected chi connectivity index (χ3v) is 11.1. The van der Waals surface area contributed by atoms with Crippen LogP contribution < -0.4 is 0 Å².